The predicted octanol–water partition coefficient (Wildman–Crippen LogP) is 3.73. The molecule has 0 radical (unpaired) electrons. The maximum atomic E-state index is 14.1. The van der Waals surface area contributed by atoms with Crippen molar-refractivity contribution in [3.63, 3.8) is 0 Å². The maximum absolute atomic E-state index is 14.1. The Kier molecular flexibility index (Phi) is 5.11. The Morgan fingerprint density at radius 3 is 2.63 bits per heavy atom. The van der Waals surface area contributed by atoms with E-state index in [-0.39, 0.29) is 12.5 Å². The number of pyridine rings is 1. The minimum absolute atomic E-state index is 0.0998. The highest BCUT2D eigenvalue weighted by atomic mass is 16.4. The van der Waals surface area contributed by atoms with Gasteiger partial charge in [0.15, 0.2) is 0 Å². The molecular formula is C27H25N5O3. The largest absolute Gasteiger partial charge is 0.480 e. The zero-order valence-corrected chi connectivity index (χ0v) is 19.2. The van der Waals surface area contributed by atoms with Crippen molar-refractivity contribution in [3.8, 4) is 0 Å². The number of rotatable bonds is 5. The van der Waals surface area contributed by atoms with Gasteiger partial charge >= 0.3 is 5.97 Å². The Balaban J connectivity index is 1.28. The lowest BCUT2D eigenvalue weighted by atomic mass is 9.73. The second kappa shape index (κ2) is 8.32. The monoisotopic (exact) mass is 467 g/mol. The van der Waals surface area contributed by atoms with E-state index in [0.717, 1.165) is 46.8 Å². The summed E-state index contributed by atoms with van der Waals surface area (Å²) in [7, 11) is 0. The van der Waals surface area contributed by atoms with Crippen LogP contribution >= 0.6 is 0 Å². The summed E-state index contributed by atoms with van der Waals surface area (Å²) in [6.45, 7) is 1.91. The number of amides is 1. The first-order valence-electron chi connectivity index (χ1n) is 11.8. The molecule has 2 aromatic carbocycles. The quantitative estimate of drug-likeness (QED) is 0.481. The number of carboxylic acid groups (broad SMARTS) is 1. The fraction of sp³-hybridized carbons (Fsp3) is 0.259. The Morgan fingerprint density at radius 1 is 1.03 bits per heavy atom. The number of hydrogen-bond acceptors (Lipinski definition) is 5. The summed E-state index contributed by atoms with van der Waals surface area (Å²) in [6, 6.07) is 18.0. The van der Waals surface area contributed by atoms with Crippen LogP contribution < -0.4 is 4.90 Å². The predicted molar refractivity (Wildman–Crippen MR) is 131 cm³/mol. The molecule has 1 spiro atoms. The number of aromatic nitrogens is 3. The first kappa shape index (κ1) is 21.5. The van der Waals surface area contributed by atoms with E-state index >= 15 is 0 Å². The van der Waals surface area contributed by atoms with Gasteiger partial charge in [-0.15, -0.1) is 0 Å². The van der Waals surface area contributed by atoms with Crippen molar-refractivity contribution in [1.29, 1.82) is 0 Å². The molecule has 2 aliphatic heterocycles. The van der Waals surface area contributed by atoms with Crippen LogP contribution in [-0.2, 0) is 28.1 Å². The van der Waals surface area contributed by atoms with Crippen molar-refractivity contribution in [2.75, 3.05) is 18.0 Å². The van der Waals surface area contributed by atoms with Gasteiger partial charge in [0, 0.05) is 17.8 Å². The lowest BCUT2D eigenvalue weighted by Crippen LogP contribution is -2.47. The van der Waals surface area contributed by atoms with Crippen molar-refractivity contribution in [2.45, 2.75) is 31.3 Å². The van der Waals surface area contributed by atoms with E-state index < -0.39 is 11.4 Å². The summed E-state index contributed by atoms with van der Waals surface area (Å²) in [5, 5.41) is 10.1. The Bertz CT molecular complexity index is 1440. The summed E-state index contributed by atoms with van der Waals surface area (Å²) in [6.07, 6.45) is 6.50. The van der Waals surface area contributed by atoms with Gasteiger partial charge in [0.1, 0.15) is 12.4 Å². The first-order valence-corrected chi connectivity index (χ1v) is 11.8. The van der Waals surface area contributed by atoms with Crippen LogP contribution in [0, 0.1) is 0 Å². The van der Waals surface area contributed by atoms with Crippen LogP contribution in [0.25, 0.3) is 10.9 Å². The summed E-state index contributed by atoms with van der Waals surface area (Å²) in [5.41, 5.74) is 3.12. The minimum atomic E-state index is -0.890. The number of carboxylic acids is 1. The van der Waals surface area contributed by atoms with Gasteiger partial charge in [-0.05, 0) is 49.7 Å². The van der Waals surface area contributed by atoms with Crippen molar-refractivity contribution >= 4 is 34.2 Å². The average molecular weight is 468 g/mol. The summed E-state index contributed by atoms with van der Waals surface area (Å²) < 4.78 is 1.66. The average Bonchev–Trinajstić information content (AvgIpc) is 3.39. The molecular weight excluding hydrogens is 442 g/mol. The topological polar surface area (TPSA) is 91.6 Å². The number of fused-ring (bicyclic) bond motifs is 3. The van der Waals surface area contributed by atoms with E-state index in [1.807, 2.05) is 53.4 Å². The second-order valence-electron chi connectivity index (χ2n) is 9.27. The standard InChI is InChI=1S/C27H25N5O3/c33-25(34)18-31-14-11-28-24(31)17-30-12-9-27(10-13-30)21-6-2-4-8-23(21)32(26(27)35)20-15-19-5-1-3-7-22(19)29-16-20/h1-8,11,14-16H,9-10,12-13,17-18H2,(H,33,34). The molecule has 2 aliphatic rings. The summed E-state index contributed by atoms with van der Waals surface area (Å²) in [5.74, 6) is -0.0635. The van der Waals surface area contributed by atoms with Crippen LogP contribution in [0.4, 0.5) is 11.4 Å². The first-order chi connectivity index (χ1) is 17.0. The SMILES string of the molecule is O=C(O)Cn1ccnc1CN1CCC2(CC1)C(=O)N(c1cnc3ccccc3c1)c1ccccc12. The third-order valence-electron chi connectivity index (χ3n) is 7.29. The second-order valence-corrected chi connectivity index (χ2v) is 9.27. The Hall–Kier alpha value is -4.04. The van der Waals surface area contributed by atoms with Crippen LogP contribution in [0.5, 0.6) is 0 Å². The number of carbonyl (C=O) groups excluding carboxylic acids is 1. The van der Waals surface area contributed by atoms with E-state index in [1.165, 1.54) is 0 Å². The van der Waals surface area contributed by atoms with E-state index in [4.69, 9.17) is 5.11 Å². The number of nitrogens with zero attached hydrogens (tertiary/aromatic N) is 5. The van der Waals surface area contributed by atoms with Crippen LogP contribution in [0.3, 0.4) is 0 Å². The molecule has 176 valence electrons. The fourth-order valence-electron chi connectivity index (χ4n) is 5.51. The molecule has 8 nitrogen and oxygen atoms in total. The number of carbonyl (C=O) groups is 2. The van der Waals surface area contributed by atoms with Crippen molar-refractivity contribution in [3.05, 3.63) is 84.6 Å². The third-order valence-corrected chi connectivity index (χ3v) is 7.29. The van der Waals surface area contributed by atoms with Crippen LogP contribution in [-0.4, -0.2) is 49.5 Å². The molecule has 0 saturated carbocycles. The molecule has 1 fully saturated rings. The molecule has 35 heavy (non-hydrogen) atoms. The molecule has 6 rings (SSSR count). The van der Waals surface area contributed by atoms with Gasteiger partial charge in [0.25, 0.3) is 0 Å². The lowest BCUT2D eigenvalue weighted by Gasteiger charge is -2.38. The van der Waals surface area contributed by atoms with Gasteiger partial charge in [-0.1, -0.05) is 36.4 Å². The number of aliphatic carboxylic acids is 1. The minimum Gasteiger partial charge on any atom is -0.480 e. The molecule has 4 aromatic rings. The van der Waals surface area contributed by atoms with Crippen LogP contribution in [0.15, 0.2) is 73.2 Å². The number of anilines is 2. The molecule has 1 N–H and O–H groups in total. The molecule has 0 atom stereocenters. The molecule has 0 bridgehead atoms. The molecule has 0 aliphatic carbocycles. The highest BCUT2D eigenvalue weighted by molar-refractivity contribution is 6.13. The summed E-state index contributed by atoms with van der Waals surface area (Å²) in [4.78, 5) is 38.3. The van der Waals surface area contributed by atoms with Crippen LogP contribution in [0.2, 0.25) is 0 Å². The number of likely N-dealkylation sites (tertiary alicyclic amines) is 1. The van der Waals surface area contributed by atoms with Crippen LogP contribution in [0.1, 0.15) is 24.2 Å². The van der Waals surface area contributed by atoms with Crippen molar-refractivity contribution < 1.29 is 14.7 Å². The molecule has 8 heteroatoms. The normalized spacial score (nSPS) is 17.3. The zero-order chi connectivity index (χ0) is 24.0. The zero-order valence-electron chi connectivity index (χ0n) is 19.2. The molecule has 4 heterocycles. The molecule has 1 saturated heterocycles. The molecule has 1 amide bonds. The fourth-order valence-corrected chi connectivity index (χ4v) is 5.51. The van der Waals surface area contributed by atoms with Gasteiger partial charge in [-0.3, -0.25) is 24.4 Å². The Morgan fingerprint density at radius 2 is 1.80 bits per heavy atom. The summed E-state index contributed by atoms with van der Waals surface area (Å²) >= 11 is 0. The van der Waals surface area contributed by atoms with E-state index in [1.54, 1.807) is 23.2 Å². The van der Waals surface area contributed by atoms with Crippen molar-refractivity contribution in [2.24, 2.45) is 0 Å². The van der Waals surface area contributed by atoms with Gasteiger partial charge < -0.3 is 9.67 Å². The van der Waals surface area contributed by atoms with Gasteiger partial charge in [0.05, 0.1) is 35.0 Å². The van der Waals surface area contributed by atoms with Gasteiger partial charge in [0.2, 0.25) is 5.91 Å². The maximum Gasteiger partial charge on any atom is 0.323 e. The highest BCUT2D eigenvalue weighted by Crippen LogP contribution is 2.50. The van der Waals surface area contributed by atoms with Crippen molar-refractivity contribution in [1.82, 2.24) is 19.4 Å². The van der Waals surface area contributed by atoms with E-state index in [0.29, 0.717) is 19.4 Å². The number of para-hydroxylation sites is 2. The highest BCUT2D eigenvalue weighted by Gasteiger charge is 2.52. The molecule has 2 aromatic heterocycles. The number of benzene rings is 2. The molecule has 0 unspecified atom stereocenters. The lowest BCUT2D eigenvalue weighted by molar-refractivity contribution is -0.137. The van der Waals surface area contributed by atoms with Gasteiger partial charge in [-0.25, -0.2) is 4.98 Å². The third kappa shape index (κ3) is 3.57. The smallest absolute Gasteiger partial charge is 0.323 e. The number of hydrogen-bond donors (Lipinski definition) is 1. The number of piperidine rings is 1. The Labute approximate surface area is 202 Å². The van der Waals surface area contributed by atoms with Gasteiger partial charge in [-0.2, -0.15) is 0 Å². The van der Waals surface area contributed by atoms with E-state index in [2.05, 4.69) is 20.9 Å². The number of imidazole rings is 1. The van der Waals surface area contributed by atoms with E-state index in [9.17, 15) is 9.59 Å².